The Labute approximate surface area is 98.8 Å². The van der Waals surface area contributed by atoms with Crippen LogP contribution in [0, 0.1) is 0 Å². The zero-order valence-electron chi connectivity index (χ0n) is 9.30. The summed E-state index contributed by atoms with van der Waals surface area (Å²) in [5, 5.41) is 4.35. The lowest BCUT2D eigenvalue weighted by Crippen LogP contribution is -2.13. The van der Waals surface area contributed by atoms with Gasteiger partial charge in [-0.25, -0.2) is 4.68 Å². The second-order valence-corrected chi connectivity index (χ2v) is 4.01. The van der Waals surface area contributed by atoms with E-state index in [2.05, 4.69) is 5.10 Å². The number of carbonyl (C=O) groups is 1. The molecule has 0 amide bonds. The van der Waals surface area contributed by atoms with Crippen molar-refractivity contribution < 1.29 is 9.53 Å². The third-order valence-electron chi connectivity index (χ3n) is 3.00. The smallest absolute Gasteiger partial charge is 0.152 e. The summed E-state index contributed by atoms with van der Waals surface area (Å²) in [6, 6.07) is 7.44. The first-order valence-corrected chi connectivity index (χ1v) is 5.58. The van der Waals surface area contributed by atoms with E-state index in [0.717, 1.165) is 30.7 Å². The molecular formula is C13H12N2O2. The van der Waals surface area contributed by atoms with Gasteiger partial charge in [0.1, 0.15) is 0 Å². The van der Waals surface area contributed by atoms with Crippen molar-refractivity contribution in [1.29, 1.82) is 0 Å². The fourth-order valence-electron chi connectivity index (χ4n) is 2.11. The molecule has 1 aliphatic rings. The molecule has 0 N–H and O–H groups in total. The molecule has 0 radical (unpaired) electrons. The van der Waals surface area contributed by atoms with Gasteiger partial charge in [-0.1, -0.05) is 12.1 Å². The standard InChI is InChI=1S/C13H12N2O2/c16-8-11-3-1-2-4-12(11)15-13-9-17-6-5-10(13)7-14-15/h1-4,7-8H,5-6,9H2. The molecule has 0 atom stereocenters. The van der Waals surface area contributed by atoms with Crippen molar-refractivity contribution in [2.75, 3.05) is 6.61 Å². The van der Waals surface area contributed by atoms with E-state index in [1.807, 2.05) is 24.4 Å². The minimum absolute atomic E-state index is 0.558. The van der Waals surface area contributed by atoms with Crippen molar-refractivity contribution in [2.45, 2.75) is 13.0 Å². The number of aldehydes is 1. The number of hydrogen-bond acceptors (Lipinski definition) is 3. The van der Waals surface area contributed by atoms with Gasteiger partial charge < -0.3 is 4.74 Å². The fourth-order valence-corrected chi connectivity index (χ4v) is 2.11. The molecule has 1 aromatic heterocycles. The van der Waals surface area contributed by atoms with Crippen molar-refractivity contribution in [3.63, 3.8) is 0 Å². The van der Waals surface area contributed by atoms with Gasteiger partial charge >= 0.3 is 0 Å². The molecule has 3 rings (SSSR count). The van der Waals surface area contributed by atoms with E-state index in [9.17, 15) is 4.79 Å². The molecule has 4 nitrogen and oxygen atoms in total. The van der Waals surface area contributed by atoms with E-state index in [1.165, 1.54) is 5.56 Å². The van der Waals surface area contributed by atoms with Crippen LogP contribution in [0.3, 0.4) is 0 Å². The Morgan fingerprint density at radius 3 is 3.12 bits per heavy atom. The minimum Gasteiger partial charge on any atom is -0.375 e. The van der Waals surface area contributed by atoms with Gasteiger partial charge in [-0.3, -0.25) is 4.79 Å². The Bertz CT molecular complexity index is 560. The summed E-state index contributed by atoms with van der Waals surface area (Å²) in [5.74, 6) is 0. The summed E-state index contributed by atoms with van der Waals surface area (Å²) in [6.45, 7) is 1.30. The van der Waals surface area contributed by atoms with Crippen LogP contribution in [-0.2, 0) is 17.8 Å². The molecule has 2 aromatic rings. The highest BCUT2D eigenvalue weighted by Crippen LogP contribution is 2.21. The SMILES string of the molecule is O=Cc1ccccc1-n1ncc2c1COCC2. The summed E-state index contributed by atoms with van der Waals surface area (Å²) in [5.41, 5.74) is 3.71. The van der Waals surface area contributed by atoms with Crippen LogP contribution in [0.2, 0.25) is 0 Å². The third-order valence-corrected chi connectivity index (χ3v) is 3.00. The van der Waals surface area contributed by atoms with Crippen molar-refractivity contribution in [1.82, 2.24) is 9.78 Å². The zero-order valence-corrected chi connectivity index (χ0v) is 9.30. The predicted molar refractivity (Wildman–Crippen MR) is 62.3 cm³/mol. The third kappa shape index (κ3) is 1.66. The second-order valence-electron chi connectivity index (χ2n) is 4.01. The van der Waals surface area contributed by atoms with Crippen LogP contribution in [-0.4, -0.2) is 22.7 Å². The Morgan fingerprint density at radius 1 is 1.35 bits per heavy atom. The van der Waals surface area contributed by atoms with Gasteiger partial charge in [0.2, 0.25) is 0 Å². The van der Waals surface area contributed by atoms with E-state index < -0.39 is 0 Å². The molecule has 1 aromatic carbocycles. The zero-order chi connectivity index (χ0) is 11.7. The van der Waals surface area contributed by atoms with E-state index in [1.54, 1.807) is 10.7 Å². The topological polar surface area (TPSA) is 44.1 Å². The number of aromatic nitrogens is 2. The largest absolute Gasteiger partial charge is 0.375 e. The van der Waals surface area contributed by atoms with Gasteiger partial charge in [0, 0.05) is 5.56 Å². The molecule has 0 spiro atoms. The van der Waals surface area contributed by atoms with Gasteiger partial charge in [-0.05, 0) is 24.1 Å². The molecular weight excluding hydrogens is 216 g/mol. The Balaban J connectivity index is 2.15. The molecule has 0 fully saturated rings. The first-order valence-electron chi connectivity index (χ1n) is 5.58. The molecule has 0 aliphatic carbocycles. The quantitative estimate of drug-likeness (QED) is 0.736. The predicted octanol–water partition coefficient (Wildman–Crippen LogP) is 1.76. The minimum atomic E-state index is 0.558. The number of benzene rings is 1. The summed E-state index contributed by atoms with van der Waals surface area (Å²) in [6.07, 6.45) is 3.60. The fraction of sp³-hybridized carbons (Fsp3) is 0.231. The number of para-hydroxylation sites is 1. The van der Waals surface area contributed by atoms with Gasteiger partial charge in [0.15, 0.2) is 6.29 Å². The first kappa shape index (κ1) is 10.2. The van der Waals surface area contributed by atoms with E-state index in [-0.39, 0.29) is 0 Å². The van der Waals surface area contributed by atoms with Crippen molar-refractivity contribution in [3.8, 4) is 5.69 Å². The molecule has 0 bridgehead atoms. The highest BCUT2D eigenvalue weighted by Gasteiger charge is 2.17. The molecule has 0 unspecified atom stereocenters. The number of hydrogen-bond donors (Lipinski definition) is 0. The van der Waals surface area contributed by atoms with E-state index in [0.29, 0.717) is 12.2 Å². The molecule has 86 valence electrons. The lowest BCUT2D eigenvalue weighted by atomic mass is 10.1. The van der Waals surface area contributed by atoms with Crippen molar-refractivity contribution in [3.05, 3.63) is 47.3 Å². The summed E-state index contributed by atoms with van der Waals surface area (Å²) < 4.78 is 7.24. The molecule has 4 heteroatoms. The maximum Gasteiger partial charge on any atom is 0.152 e. The molecule has 17 heavy (non-hydrogen) atoms. The lowest BCUT2D eigenvalue weighted by molar-refractivity contribution is 0.106. The van der Waals surface area contributed by atoms with E-state index >= 15 is 0 Å². The summed E-state index contributed by atoms with van der Waals surface area (Å²) in [4.78, 5) is 11.0. The normalized spacial score (nSPS) is 14.4. The van der Waals surface area contributed by atoms with Crippen LogP contribution in [0.5, 0.6) is 0 Å². The van der Waals surface area contributed by atoms with Gasteiger partial charge in [0.05, 0.1) is 30.8 Å². The maximum atomic E-state index is 11.0. The van der Waals surface area contributed by atoms with Crippen LogP contribution in [0.1, 0.15) is 21.6 Å². The van der Waals surface area contributed by atoms with Crippen molar-refractivity contribution >= 4 is 6.29 Å². The average Bonchev–Trinajstić information content (AvgIpc) is 2.82. The lowest BCUT2D eigenvalue weighted by Gasteiger charge is -2.15. The van der Waals surface area contributed by atoms with Crippen LogP contribution in [0.4, 0.5) is 0 Å². The number of rotatable bonds is 2. The second kappa shape index (κ2) is 4.14. The molecule has 0 saturated heterocycles. The molecule has 1 aliphatic heterocycles. The maximum absolute atomic E-state index is 11.0. The van der Waals surface area contributed by atoms with Gasteiger partial charge in [-0.15, -0.1) is 0 Å². The Hall–Kier alpha value is -1.94. The highest BCUT2D eigenvalue weighted by molar-refractivity contribution is 5.80. The molecule has 0 saturated carbocycles. The van der Waals surface area contributed by atoms with E-state index in [4.69, 9.17) is 4.74 Å². The van der Waals surface area contributed by atoms with Crippen LogP contribution >= 0.6 is 0 Å². The van der Waals surface area contributed by atoms with Gasteiger partial charge in [-0.2, -0.15) is 5.10 Å². The summed E-state index contributed by atoms with van der Waals surface area (Å²) in [7, 11) is 0. The van der Waals surface area contributed by atoms with Crippen molar-refractivity contribution in [2.24, 2.45) is 0 Å². The average molecular weight is 228 g/mol. The van der Waals surface area contributed by atoms with Crippen LogP contribution in [0.25, 0.3) is 5.69 Å². The van der Waals surface area contributed by atoms with Crippen LogP contribution < -0.4 is 0 Å². The molecule has 2 heterocycles. The number of nitrogens with zero attached hydrogens (tertiary/aromatic N) is 2. The summed E-state index contributed by atoms with van der Waals surface area (Å²) >= 11 is 0. The number of carbonyl (C=O) groups excluding carboxylic acids is 1. The Morgan fingerprint density at radius 2 is 2.24 bits per heavy atom. The Kier molecular flexibility index (Phi) is 2.49. The number of fused-ring (bicyclic) bond motifs is 1. The first-order chi connectivity index (χ1) is 8.40. The monoisotopic (exact) mass is 228 g/mol. The van der Waals surface area contributed by atoms with Gasteiger partial charge in [0.25, 0.3) is 0 Å². The number of ether oxygens (including phenoxy) is 1. The van der Waals surface area contributed by atoms with Crippen LogP contribution in [0.15, 0.2) is 30.5 Å². The highest BCUT2D eigenvalue weighted by atomic mass is 16.5.